The summed E-state index contributed by atoms with van der Waals surface area (Å²) in [5.41, 5.74) is 2.38. The summed E-state index contributed by atoms with van der Waals surface area (Å²) in [5.74, 6) is 2.04. The van der Waals surface area contributed by atoms with Gasteiger partial charge in [-0.25, -0.2) is 4.98 Å². The molecule has 1 fully saturated rings. The van der Waals surface area contributed by atoms with Gasteiger partial charge in [0.05, 0.1) is 26.9 Å². The first kappa shape index (κ1) is 21.0. The predicted molar refractivity (Wildman–Crippen MR) is 122 cm³/mol. The average molecular weight is 440 g/mol. The molecule has 0 saturated carbocycles. The van der Waals surface area contributed by atoms with Crippen molar-refractivity contribution in [1.29, 1.82) is 0 Å². The number of thiazole rings is 1. The van der Waals surface area contributed by atoms with Crippen molar-refractivity contribution in [3.8, 4) is 27.8 Å². The van der Waals surface area contributed by atoms with E-state index in [0.29, 0.717) is 30.3 Å². The summed E-state index contributed by atoms with van der Waals surface area (Å²) in [6.07, 6.45) is 0. The molecular weight excluding hydrogens is 414 g/mol. The smallest absolute Gasteiger partial charge is 0.273 e. The van der Waals surface area contributed by atoms with E-state index in [1.807, 2.05) is 46.7 Å². The molecule has 7 nitrogen and oxygen atoms in total. The van der Waals surface area contributed by atoms with Crippen LogP contribution in [0.5, 0.6) is 17.2 Å². The minimum atomic E-state index is -0.0466. The van der Waals surface area contributed by atoms with Crippen molar-refractivity contribution in [2.24, 2.45) is 0 Å². The number of carbonyl (C=O) groups excluding carboxylic acids is 1. The van der Waals surface area contributed by atoms with Gasteiger partial charge in [-0.2, -0.15) is 0 Å². The van der Waals surface area contributed by atoms with Crippen LogP contribution in [0, 0.1) is 0 Å². The molecule has 31 heavy (non-hydrogen) atoms. The maximum Gasteiger partial charge on any atom is 0.273 e. The highest BCUT2D eigenvalue weighted by Gasteiger charge is 2.25. The summed E-state index contributed by atoms with van der Waals surface area (Å²) in [6, 6.07) is 13.6. The van der Waals surface area contributed by atoms with Gasteiger partial charge in [0.2, 0.25) is 0 Å². The number of methoxy groups -OCH3 is 3. The molecule has 1 amide bonds. The van der Waals surface area contributed by atoms with Gasteiger partial charge in [-0.15, -0.1) is 11.3 Å². The number of amides is 1. The summed E-state index contributed by atoms with van der Waals surface area (Å²) in [4.78, 5) is 21.8. The van der Waals surface area contributed by atoms with Gasteiger partial charge in [0.15, 0.2) is 11.5 Å². The monoisotopic (exact) mass is 439 g/mol. The van der Waals surface area contributed by atoms with Crippen LogP contribution < -0.4 is 19.1 Å². The van der Waals surface area contributed by atoms with Crippen molar-refractivity contribution < 1.29 is 19.0 Å². The van der Waals surface area contributed by atoms with Crippen LogP contribution >= 0.6 is 11.3 Å². The molecular formula is C23H25N3O4S. The van der Waals surface area contributed by atoms with E-state index in [1.54, 1.807) is 21.3 Å². The van der Waals surface area contributed by atoms with Crippen LogP contribution in [0.4, 0.5) is 5.69 Å². The van der Waals surface area contributed by atoms with Crippen molar-refractivity contribution in [3.05, 3.63) is 53.5 Å². The molecule has 8 heteroatoms. The van der Waals surface area contributed by atoms with Gasteiger partial charge >= 0.3 is 0 Å². The lowest BCUT2D eigenvalue weighted by molar-refractivity contribution is 0.0741. The lowest BCUT2D eigenvalue weighted by Crippen LogP contribution is -2.48. The van der Waals surface area contributed by atoms with E-state index in [1.165, 1.54) is 11.3 Å². The summed E-state index contributed by atoms with van der Waals surface area (Å²) < 4.78 is 16.2. The van der Waals surface area contributed by atoms with Crippen LogP contribution in [0.1, 0.15) is 10.5 Å². The Labute approximate surface area is 185 Å². The third-order valence-electron chi connectivity index (χ3n) is 5.34. The van der Waals surface area contributed by atoms with Crippen molar-refractivity contribution in [2.45, 2.75) is 0 Å². The maximum absolute atomic E-state index is 13.0. The Morgan fingerprint density at radius 2 is 1.74 bits per heavy atom. The Kier molecular flexibility index (Phi) is 6.27. The molecule has 1 aromatic heterocycles. The Morgan fingerprint density at radius 1 is 0.968 bits per heavy atom. The molecule has 0 unspecified atom stereocenters. The SMILES string of the molecule is COc1cccc(N2CCN(C(=O)c3csc(-c4cccc(OC)c4OC)n3)CC2)c1. The zero-order chi connectivity index (χ0) is 21.8. The Morgan fingerprint density at radius 3 is 2.45 bits per heavy atom. The molecule has 0 radical (unpaired) electrons. The fourth-order valence-corrected chi connectivity index (χ4v) is 4.50. The van der Waals surface area contributed by atoms with Crippen LogP contribution in [0.2, 0.25) is 0 Å². The van der Waals surface area contributed by atoms with Crippen molar-refractivity contribution >= 4 is 22.9 Å². The summed E-state index contributed by atoms with van der Waals surface area (Å²) in [6.45, 7) is 2.82. The van der Waals surface area contributed by atoms with Crippen LogP contribution in [0.15, 0.2) is 47.8 Å². The van der Waals surface area contributed by atoms with Crippen LogP contribution in [-0.4, -0.2) is 63.3 Å². The lowest BCUT2D eigenvalue weighted by atomic mass is 10.2. The zero-order valence-corrected chi connectivity index (χ0v) is 18.6. The average Bonchev–Trinajstić information content (AvgIpc) is 3.33. The molecule has 0 bridgehead atoms. The summed E-state index contributed by atoms with van der Waals surface area (Å²) in [5, 5.41) is 2.54. The molecule has 0 aliphatic carbocycles. The molecule has 1 aliphatic rings. The number of hydrogen-bond donors (Lipinski definition) is 0. The van der Waals surface area contributed by atoms with E-state index < -0.39 is 0 Å². The number of benzene rings is 2. The van der Waals surface area contributed by atoms with E-state index in [-0.39, 0.29) is 5.91 Å². The standard InChI is InChI=1S/C23H25N3O4S/c1-28-17-7-4-6-16(14-17)25-10-12-26(13-11-25)23(27)19-15-31-22(24-19)18-8-5-9-20(29-2)21(18)30-3/h4-9,14-15H,10-13H2,1-3H3. The van der Waals surface area contributed by atoms with Gasteiger partial charge in [0.25, 0.3) is 5.91 Å². The van der Waals surface area contributed by atoms with Gasteiger partial charge < -0.3 is 24.0 Å². The quantitative estimate of drug-likeness (QED) is 0.582. The molecule has 2 heterocycles. The van der Waals surface area contributed by atoms with Crippen molar-refractivity contribution in [3.63, 3.8) is 0 Å². The number of aromatic nitrogens is 1. The second-order valence-corrected chi connectivity index (χ2v) is 7.92. The normalized spacial score (nSPS) is 13.8. The van der Waals surface area contributed by atoms with Crippen molar-refractivity contribution in [2.75, 3.05) is 52.4 Å². The molecule has 162 valence electrons. The molecule has 0 spiro atoms. The highest BCUT2D eigenvalue weighted by Crippen LogP contribution is 2.39. The summed E-state index contributed by atoms with van der Waals surface area (Å²) in [7, 11) is 4.87. The Balaban J connectivity index is 1.45. The highest BCUT2D eigenvalue weighted by molar-refractivity contribution is 7.13. The third-order valence-corrected chi connectivity index (χ3v) is 6.22. The number of hydrogen-bond acceptors (Lipinski definition) is 7. The Bertz CT molecular complexity index is 1060. The number of rotatable bonds is 6. The molecule has 1 aliphatic heterocycles. The number of para-hydroxylation sites is 1. The van der Waals surface area contributed by atoms with E-state index >= 15 is 0 Å². The largest absolute Gasteiger partial charge is 0.497 e. The Hall–Kier alpha value is -3.26. The van der Waals surface area contributed by atoms with E-state index in [9.17, 15) is 4.79 Å². The third kappa shape index (κ3) is 4.29. The second kappa shape index (κ2) is 9.26. The number of piperazine rings is 1. The van der Waals surface area contributed by atoms with E-state index in [2.05, 4.69) is 16.0 Å². The summed E-state index contributed by atoms with van der Waals surface area (Å²) >= 11 is 1.43. The minimum Gasteiger partial charge on any atom is -0.497 e. The fourth-order valence-electron chi connectivity index (χ4n) is 3.69. The first-order valence-corrected chi connectivity index (χ1v) is 10.9. The van der Waals surface area contributed by atoms with Gasteiger partial charge in [-0.3, -0.25) is 4.79 Å². The van der Waals surface area contributed by atoms with Gasteiger partial charge in [-0.1, -0.05) is 12.1 Å². The zero-order valence-electron chi connectivity index (χ0n) is 17.8. The number of anilines is 1. The van der Waals surface area contributed by atoms with Crippen molar-refractivity contribution in [1.82, 2.24) is 9.88 Å². The van der Waals surface area contributed by atoms with Gasteiger partial charge in [0.1, 0.15) is 16.5 Å². The van der Waals surface area contributed by atoms with Gasteiger partial charge in [-0.05, 0) is 24.3 Å². The van der Waals surface area contributed by atoms with Gasteiger partial charge in [0, 0.05) is 43.3 Å². The molecule has 3 aromatic rings. The molecule has 0 atom stereocenters. The molecule has 0 N–H and O–H groups in total. The molecule has 1 saturated heterocycles. The van der Waals surface area contributed by atoms with E-state index in [4.69, 9.17) is 14.2 Å². The van der Waals surface area contributed by atoms with Crippen LogP contribution in [-0.2, 0) is 0 Å². The van der Waals surface area contributed by atoms with Crippen LogP contribution in [0.3, 0.4) is 0 Å². The second-order valence-electron chi connectivity index (χ2n) is 7.06. The predicted octanol–water partition coefficient (Wildman–Crippen LogP) is 3.80. The molecule has 2 aromatic carbocycles. The fraction of sp³-hybridized carbons (Fsp3) is 0.304. The van der Waals surface area contributed by atoms with Crippen LogP contribution in [0.25, 0.3) is 10.6 Å². The number of carbonyl (C=O) groups is 1. The molecule has 4 rings (SSSR count). The minimum absolute atomic E-state index is 0.0466. The topological polar surface area (TPSA) is 64.1 Å². The van der Waals surface area contributed by atoms with E-state index in [0.717, 1.165) is 35.1 Å². The maximum atomic E-state index is 13.0. The number of ether oxygens (including phenoxy) is 3. The highest BCUT2D eigenvalue weighted by atomic mass is 32.1. The first-order valence-electron chi connectivity index (χ1n) is 9.99. The number of nitrogens with zero attached hydrogens (tertiary/aromatic N) is 3. The lowest BCUT2D eigenvalue weighted by Gasteiger charge is -2.35. The first-order chi connectivity index (χ1) is 15.1.